The quantitative estimate of drug-likeness (QED) is 0.848. The molecule has 1 aliphatic rings. The van der Waals surface area contributed by atoms with Crippen LogP contribution in [0.1, 0.15) is 30.0 Å². The number of nitrogens with one attached hydrogen (secondary N) is 1. The van der Waals surface area contributed by atoms with Crippen LogP contribution in [0.25, 0.3) is 0 Å². The van der Waals surface area contributed by atoms with Crippen LogP contribution >= 0.6 is 0 Å². The molecule has 5 nitrogen and oxygen atoms in total. The topological polar surface area (TPSA) is 85.1 Å². The van der Waals surface area contributed by atoms with E-state index >= 15 is 0 Å². The summed E-state index contributed by atoms with van der Waals surface area (Å²) in [4.78, 5) is 3.42. The van der Waals surface area contributed by atoms with E-state index in [1.807, 2.05) is 12.1 Å². The second kappa shape index (κ2) is 5.66. The molecular weight excluding hydrogens is 305 g/mol. The molecule has 116 valence electrons. The molecule has 1 atom stereocenters. The minimum atomic E-state index is -3.82. The first-order chi connectivity index (χ1) is 10.5. The number of fused-ring (bicyclic) bond motifs is 1. The van der Waals surface area contributed by atoms with Crippen molar-refractivity contribution in [2.45, 2.75) is 30.2 Å². The summed E-state index contributed by atoms with van der Waals surface area (Å²) in [5.41, 5.74) is 8.41. The molecule has 3 N–H and O–H groups in total. The summed E-state index contributed by atoms with van der Waals surface area (Å²) >= 11 is 0. The molecule has 3 rings (SSSR count). The van der Waals surface area contributed by atoms with E-state index in [9.17, 15) is 12.8 Å². The van der Waals surface area contributed by atoms with Gasteiger partial charge in [0.25, 0.3) is 0 Å². The highest BCUT2D eigenvalue weighted by molar-refractivity contribution is 7.89. The lowest BCUT2D eigenvalue weighted by Crippen LogP contribution is -2.31. The normalized spacial score (nSPS) is 18.0. The smallest absolute Gasteiger partial charge is 0.242 e. The predicted molar refractivity (Wildman–Crippen MR) is 81.0 cm³/mol. The van der Waals surface area contributed by atoms with Gasteiger partial charge in [-0.15, -0.1) is 0 Å². The third-order valence-electron chi connectivity index (χ3n) is 3.77. The lowest BCUT2D eigenvalue weighted by molar-refractivity contribution is 0.506. The molecule has 2 aromatic rings. The van der Waals surface area contributed by atoms with Crippen LogP contribution in [0.15, 0.2) is 41.6 Å². The van der Waals surface area contributed by atoms with Crippen LogP contribution in [0.5, 0.6) is 0 Å². The SMILES string of the molecule is Nc1ccc2c(c1)CCCC2NS(=O)(=O)c1cncc(F)c1. The summed E-state index contributed by atoms with van der Waals surface area (Å²) in [6.45, 7) is 0. The van der Waals surface area contributed by atoms with Gasteiger partial charge in [-0.25, -0.2) is 17.5 Å². The molecule has 0 saturated carbocycles. The zero-order valence-electron chi connectivity index (χ0n) is 11.8. The molecule has 0 fully saturated rings. The van der Waals surface area contributed by atoms with Crippen LogP contribution < -0.4 is 10.5 Å². The Kier molecular flexibility index (Phi) is 3.84. The van der Waals surface area contributed by atoms with Gasteiger partial charge in [-0.3, -0.25) is 4.98 Å². The number of nitrogens with two attached hydrogens (primary N) is 1. The highest BCUT2D eigenvalue weighted by atomic mass is 32.2. The Morgan fingerprint density at radius 3 is 2.86 bits per heavy atom. The number of pyridine rings is 1. The molecular formula is C15H16FN3O2S. The first-order valence-electron chi connectivity index (χ1n) is 6.97. The van der Waals surface area contributed by atoms with E-state index in [4.69, 9.17) is 5.73 Å². The minimum absolute atomic E-state index is 0.171. The van der Waals surface area contributed by atoms with Gasteiger partial charge in [0.2, 0.25) is 10.0 Å². The number of hydrogen-bond acceptors (Lipinski definition) is 4. The van der Waals surface area contributed by atoms with E-state index in [0.29, 0.717) is 12.1 Å². The highest BCUT2D eigenvalue weighted by Crippen LogP contribution is 2.32. The van der Waals surface area contributed by atoms with E-state index in [1.165, 1.54) is 0 Å². The van der Waals surface area contributed by atoms with Crippen molar-refractivity contribution >= 4 is 15.7 Å². The first kappa shape index (κ1) is 14.9. The third-order valence-corrected chi connectivity index (χ3v) is 5.21. The van der Waals surface area contributed by atoms with Crippen molar-refractivity contribution in [3.8, 4) is 0 Å². The van der Waals surface area contributed by atoms with Crippen molar-refractivity contribution in [1.29, 1.82) is 0 Å². The Labute approximate surface area is 128 Å². The number of aromatic nitrogens is 1. The van der Waals surface area contributed by atoms with Crippen molar-refractivity contribution in [1.82, 2.24) is 9.71 Å². The standard InChI is InChI=1S/C15H16FN3O2S/c16-11-7-13(9-18-8-11)22(20,21)19-15-3-1-2-10-6-12(17)4-5-14(10)15/h4-9,15,19H,1-3,17H2. The molecule has 1 heterocycles. The molecule has 0 bridgehead atoms. The summed E-state index contributed by atoms with van der Waals surface area (Å²) in [5, 5.41) is 0. The van der Waals surface area contributed by atoms with Crippen molar-refractivity contribution in [2.24, 2.45) is 0 Å². The van der Waals surface area contributed by atoms with Gasteiger partial charge in [-0.1, -0.05) is 6.07 Å². The molecule has 7 heteroatoms. The molecule has 0 radical (unpaired) electrons. The molecule has 0 amide bonds. The van der Waals surface area contributed by atoms with Crippen LogP contribution in [0.2, 0.25) is 0 Å². The summed E-state index contributed by atoms with van der Waals surface area (Å²) in [7, 11) is -3.82. The average Bonchev–Trinajstić information content (AvgIpc) is 2.47. The lowest BCUT2D eigenvalue weighted by atomic mass is 9.88. The summed E-state index contributed by atoms with van der Waals surface area (Å²) < 4.78 is 40.6. The maximum Gasteiger partial charge on any atom is 0.242 e. The second-order valence-electron chi connectivity index (χ2n) is 5.36. The molecule has 0 spiro atoms. The fourth-order valence-corrected chi connectivity index (χ4v) is 3.97. The van der Waals surface area contributed by atoms with E-state index in [-0.39, 0.29) is 10.9 Å². The van der Waals surface area contributed by atoms with Crippen LogP contribution in [0.4, 0.5) is 10.1 Å². The van der Waals surface area contributed by atoms with E-state index < -0.39 is 15.8 Å². The second-order valence-corrected chi connectivity index (χ2v) is 7.08. The van der Waals surface area contributed by atoms with Gasteiger partial charge in [0, 0.05) is 17.9 Å². The van der Waals surface area contributed by atoms with Gasteiger partial charge < -0.3 is 5.73 Å². The Morgan fingerprint density at radius 1 is 1.27 bits per heavy atom. The van der Waals surface area contributed by atoms with Gasteiger partial charge in [-0.05, 0) is 48.6 Å². The summed E-state index contributed by atoms with van der Waals surface area (Å²) in [6, 6.07) is 6.11. The average molecular weight is 321 g/mol. The van der Waals surface area contributed by atoms with Crippen LogP contribution in [0, 0.1) is 5.82 Å². The number of sulfonamides is 1. The van der Waals surface area contributed by atoms with Gasteiger partial charge >= 0.3 is 0 Å². The van der Waals surface area contributed by atoms with Gasteiger partial charge in [-0.2, -0.15) is 0 Å². The number of nitrogen functional groups attached to an aromatic ring is 1. The molecule has 1 aromatic heterocycles. The number of nitrogens with zero attached hydrogens (tertiary/aromatic N) is 1. The van der Waals surface area contributed by atoms with Crippen molar-refractivity contribution in [2.75, 3.05) is 5.73 Å². The van der Waals surface area contributed by atoms with Crippen molar-refractivity contribution < 1.29 is 12.8 Å². The predicted octanol–water partition coefficient (Wildman–Crippen LogP) is 2.16. The third kappa shape index (κ3) is 2.95. The van der Waals surface area contributed by atoms with Gasteiger partial charge in [0.05, 0.1) is 6.20 Å². The monoisotopic (exact) mass is 321 g/mol. The number of halogens is 1. The maximum absolute atomic E-state index is 13.2. The zero-order chi connectivity index (χ0) is 15.7. The Balaban J connectivity index is 1.91. The van der Waals surface area contributed by atoms with Gasteiger partial charge in [0.1, 0.15) is 10.7 Å². The number of aryl methyl sites for hydroxylation is 1. The van der Waals surface area contributed by atoms with Crippen molar-refractivity contribution in [3.05, 3.63) is 53.6 Å². The van der Waals surface area contributed by atoms with Crippen LogP contribution in [0.3, 0.4) is 0 Å². The molecule has 1 unspecified atom stereocenters. The summed E-state index contributed by atoms with van der Waals surface area (Å²) in [6.07, 6.45) is 4.54. The molecule has 1 aromatic carbocycles. The molecule has 0 aliphatic heterocycles. The fraction of sp³-hybridized carbons (Fsp3) is 0.267. The minimum Gasteiger partial charge on any atom is -0.399 e. The van der Waals surface area contributed by atoms with Crippen molar-refractivity contribution in [3.63, 3.8) is 0 Å². The van der Waals surface area contributed by atoms with Gasteiger partial charge in [0.15, 0.2) is 0 Å². The summed E-state index contributed by atoms with van der Waals surface area (Å²) in [5.74, 6) is -0.681. The van der Waals surface area contributed by atoms with Crippen LogP contribution in [-0.2, 0) is 16.4 Å². The number of hydrogen-bond donors (Lipinski definition) is 2. The van der Waals surface area contributed by atoms with E-state index in [2.05, 4.69) is 9.71 Å². The zero-order valence-corrected chi connectivity index (χ0v) is 12.6. The highest BCUT2D eigenvalue weighted by Gasteiger charge is 2.26. The Morgan fingerprint density at radius 2 is 2.09 bits per heavy atom. The number of benzene rings is 1. The Hall–Kier alpha value is -1.99. The molecule has 22 heavy (non-hydrogen) atoms. The largest absolute Gasteiger partial charge is 0.399 e. The number of anilines is 1. The first-order valence-corrected chi connectivity index (χ1v) is 8.45. The van der Waals surface area contributed by atoms with Crippen LogP contribution in [-0.4, -0.2) is 13.4 Å². The Bertz CT molecular complexity index is 808. The van der Waals surface area contributed by atoms with E-state index in [0.717, 1.165) is 42.4 Å². The fourth-order valence-electron chi connectivity index (χ4n) is 2.75. The lowest BCUT2D eigenvalue weighted by Gasteiger charge is -2.26. The van der Waals surface area contributed by atoms with E-state index in [1.54, 1.807) is 6.07 Å². The molecule has 0 saturated heterocycles. The maximum atomic E-state index is 13.2. The number of rotatable bonds is 3. The molecule has 1 aliphatic carbocycles.